The number of ketones is 1. The first-order valence-corrected chi connectivity index (χ1v) is 7.56. The van der Waals surface area contributed by atoms with Gasteiger partial charge in [0.2, 0.25) is 0 Å². The SMILES string of the molecule is O=C(C1=C(c2ccccc2)CCC=C1)C1CCNCC1. The monoisotopic (exact) mass is 267 g/mol. The van der Waals surface area contributed by atoms with Gasteiger partial charge in [-0.2, -0.15) is 0 Å². The highest BCUT2D eigenvalue weighted by molar-refractivity contribution is 6.06. The van der Waals surface area contributed by atoms with Gasteiger partial charge in [0.05, 0.1) is 0 Å². The van der Waals surface area contributed by atoms with Crippen LogP contribution in [0.1, 0.15) is 31.2 Å². The zero-order valence-corrected chi connectivity index (χ0v) is 11.8. The summed E-state index contributed by atoms with van der Waals surface area (Å²) in [5.74, 6) is 0.550. The molecule has 1 fully saturated rings. The van der Waals surface area contributed by atoms with Crippen LogP contribution in [-0.2, 0) is 4.79 Å². The van der Waals surface area contributed by atoms with Gasteiger partial charge in [0.15, 0.2) is 5.78 Å². The molecule has 1 aromatic rings. The van der Waals surface area contributed by atoms with Crippen molar-refractivity contribution in [3.05, 3.63) is 53.6 Å². The third-order valence-electron chi connectivity index (χ3n) is 4.27. The second-order valence-electron chi connectivity index (χ2n) is 5.59. The lowest BCUT2D eigenvalue weighted by atomic mass is 9.83. The minimum atomic E-state index is 0.202. The van der Waals surface area contributed by atoms with Gasteiger partial charge in [0.25, 0.3) is 0 Å². The van der Waals surface area contributed by atoms with E-state index < -0.39 is 0 Å². The van der Waals surface area contributed by atoms with Crippen LogP contribution >= 0.6 is 0 Å². The van der Waals surface area contributed by atoms with Crippen molar-refractivity contribution in [1.29, 1.82) is 0 Å². The van der Waals surface area contributed by atoms with Crippen molar-refractivity contribution in [3.8, 4) is 0 Å². The van der Waals surface area contributed by atoms with E-state index in [-0.39, 0.29) is 5.92 Å². The van der Waals surface area contributed by atoms with Crippen LogP contribution < -0.4 is 5.32 Å². The lowest BCUT2D eigenvalue weighted by Crippen LogP contribution is -2.32. The van der Waals surface area contributed by atoms with Crippen molar-refractivity contribution >= 4 is 11.4 Å². The normalized spacial score (nSPS) is 20.2. The van der Waals surface area contributed by atoms with Gasteiger partial charge >= 0.3 is 0 Å². The van der Waals surface area contributed by atoms with E-state index in [1.54, 1.807) is 0 Å². The maximum absolute atomic E-state index is 12.8. The Hall–Kier alpha value is -1.67. The molecule has 0 saturated carbocycles. The summed E-state index contributed by atoms with van der Waals surface area (Å²) in [6, 6.07) is 10.4. The molecule has 104 valence electrons. The van der Waals surface area contributed by atoms with Crippen LogP contribution in [0.5, 0.6) is 0 Å². The number of rotatable bonds is 3. The smallest absolute Gasteiger partial charge is 0.166 e. The molecule has 2 nitrogen and oxygen atoms in total. The van der Waals surface area contributed by atoms with Crippen LogP contribution in [0, 0.1) is 5.92 Å². The maximum Gasteiger partial charge on any atom is 0.166 e. The molecule has 1 aliphatic carbocycles. The fourth-order valence-electron chi connectivity index (χ4n) is 3.14. The Morgan fingerprint density at radius 3 is 2.60 bits per heavy atom. The number of Topliss-reactive ketones (excluding diaryl/α,β-unsaturated/α-hetero) is 1. The summed E-state index contributed by atoms with van der Waals surface area (Å²) in [6.45, 7) is 1.93. The molecule has 1 heterocycles. The fraction of sp³-hybridized carbons (Fsp3) is 0.389. The summed E-state index contributed by atoms with van der Waals surface area (Å²) in [6.07, 6.45) is 8.15. The summed E-state index contributed by atoms with van der Waals surface area (Å²) in [5, 5.41) is 3.33. The number of hydrogen-bond donors (Lipinski definition) is 1. The van der Waals surface area contributed by atoms with E-state index in [1.165, 1.54) is 11.1 Å². The standard InChI is InChI=1S/C18H21NO/c20-18(15-10-12-19-13-11-15)17-9-5-4-8-16(17)14-6-2-1-3-7-14/h1-3,5-7,9,15,19H,4,8,10-13H2. The van der Waals surface area contributed by atoms with Gasteiger partial charge in [-0.15, -0.1) is 0 Å². The summed E-state index contributed by atoms with van der Waals surface area (Å²) in [7, 11) is 0. The number of hydrogen-bond acceptors (Lipinski definition) is 2. The maximum atomic E-state index is 12.8. The second kappa shape index (κ2) is 6.19. The molecule has 0 radical (unpaired) electrons. The molecule has 1 aromatic carbocycles. The Morgan fingerprint density at radius 2 is 1.85 bits per heavy atom. The van der Waals surface area contributed by atoms with Crippen LogP contribution in [0.3, 0.4) is 0 Å². The fourth-order valence-corrected chi connectivity index (χ4v) is 3.14. The molecule has 2 aliphatic rings. The second-order valence-corrected chi connectivity index (χ2v) is 5.59. The molecule has 0 atom stereocenters. The molecule has 1 aliphatic heterocycles. The average Bonchev–Trinajstić information content (AvgIpc) is 2.56. The molecule has 2 heteroatoms. The average molecular weight is 267 g/mol. The number of carbonyl (C=O) groups is 1. The van der Waals surface area contributed by atoms with Gasteiger partial charge in [-0.25, -0.2) is 0 Å². The van der Waals surface area contributed by atoms with E-state index in [9.17, 15) is 4.79 Å². The Bertz CT molecular complexity index is 536. The number of allylic oxidation sites excluding steroid dienone is 4. The van der Waals surface area contributed by atoms with Crippen LogP contribution in [0.4, 0.5) is 0 Å². The summed E-state index contributed by atoms with van der Waals surface area (Å²) < 4.78 is 0. The van der Waals surface area contributed by atoms with Crippen LogP contribution in [-0.4, -0.2) is 18.9 Å². The van der Waals surface area contributed by atoms with Crippen molar-refractivity contribution in [2.24, 2.45) is 5.92 Å². The van der Waals surface area contributed by atoms with Gasteiger partial charge in [0.1, 0.15) is 0 Å². The Morgan fingerprint density at radius 1 is 1.10 bits per heavy atom. The van der Waals surface area contributed by atoms with Crippen molar-refractivity contribution in [1.82, 2.24) is 5.32 Å². The molecular formula is C18H21NO. The Kier molecular flexibility index (Phi) is 4.12. The molecule has 1 N–H and O–H groups in total. The third kappa shape index (κ3) is 2.75. The van der Waals surface area contributed by atoms with E-state index in [2.05, 4.69) is 29.6 Å². The first-order valence-electron chi connectivity index (χ1n) is 7.56. The van der Waals surface area contributed by atoms with Crippen molar-refractivity contribution in [2.75, 3.05) is 13.1 Å². The van der Waals surface area contributed by atoms with Crippen molar-refractivity contribution in [3.63, 3.8) is 0 Å². The van der Waals surface area contributed by atoms with Crippen LogP contribution in [0.15, 0.2) is 48.1 Å². The Balaban J connectivity index is 1.92. The highest BCUT2D eigenvalue weighted by atomic mass is 16.1. The van der Waals surface area contributed by atoms with E-state index >= 15 is 0 Å². The Labute approximate surface area is 120 Å². The first-order chi connectivity index (χ1) is 9.86. The van der Waals surface area contributed by atoms with E-state index in [0.717, 1.165) is 44.3 Å². The van der Waals surface area contributed by atoms with E-state index in [0.29, 0.717) is 5.78 Å². The summed E-state index contributed by atoms with van der Waals surface area (Å²) in [5.41, 5.74) is 3.39. The number of nitrogens with one attached hydrogen (secondary N) is 1. The van der Waals surface area contributed by atoms with Gasteiger partial charge in [0, 0.05) is 11.5 Å². The highest BCUT2D eigenvalue weighted by Gasteiger charge is 2.25. The highest BCUT2D eigenvalue weighted by Crippen LogP contribution is 2.31. The summed E-state index contributed by atoms with van der Waals surface area (Å²) in [4.78, 5) is 12.8. The zero-order valence-electron chi connectivity index (χ0n) is 11.8. The number of benzene rings is 1. The molecule has 20 heavy (non-hydrogen) atoms. The third-order valence-corrected chi connectivity index (χ3v) is 4.27. The minimum absolute atomic E-state index is 0.202. The molecule has 0 bridgehead atoms. The minimum Gasteiger partial charge on any atom is -0.317 e. The summed E-state index contributed by atoms with van der Waals surface area (Å²) >= 11 is 0. The van der Waals surface area contributed by atoms with Gasteiger partial charge in [-0.3, -0.25) is 4.79 Å². The van der Waals surface area contributed by atoms with Gasteiger partial charge < -0.3 is 5.32 Å². The number of carbonyl (C=O) groups excluding carboxylic acids is 1. The first kappa shape index (κ1) is 13.3. The molecule has 0 unspecified atom stereocenters. The molecule has 0 aromatic heterocycles. The van der Waals surface area contributed by atoms with Crippen LogP contribution in [0.25, 0.3) is 5.57 Å². The lowest BCUT2D eigenvalue weighted by molar-refractivity contribution is -0.119. The van der Waals surface area contributed by atoms with E-state index in [4.69, 9.17) is 0 Å². The largest absolute Gasteiger partial charge is 0.317 e. The van der Waals surface area contributed by atoms with Gasteiger partial charge in [-0.1, -0.05) is 42.5 Å². The van der Waals surface area contributed by atoms with Crippen LogP contribution in [0.2, 0.25) is 0 Å². The molecule has 0 spiro atoms. The lowest BCUT2D eigenvalue weighted by Gasteiger charge is -2.24. The number of piperidine rings is 1. The molecular weight excluding hydrogens is 246 g/mol. The van der Waals surface area contributed by atoms with Crippen molar-refractivity contribution < 1.29 is 4.79 Å². The zero-order chi connectivity index (χ0) is 13.8. The van der Waals surface area contributed by atoms with E-state index in [1.807, 2.05) is 18.2 Å². The molecule has 3 rings (SSSR count). The quantitative estimate of drug-likeness (QED) is 0.910. The predicted molar refractivity (Wildman–Crippen MR) is 82.3 cm³/mol. The van der Waals surface area contributed by atoms with Crippen molar-refractivity contribution in [2.45, 2.75) is 25.7 Å². The van der Waals surface area contributed by atoms with Gasteiger partial charge in [-0.05, 0) is 49.9 Å². The predicted octanol–water partition coefficient (Wildman–Crippen LogP) is 3.36. The molecule has 0 amide bonds. The molecule has 1 saturated heterocycles. The topological polar surface area (TPSA) is 29.1 Å².